The molecule has 2 aliphatic rings. The molecule has 180 valence electrons. The van der Waals surface area contributed by atoms with Crippen LogP contribution in [0, 0.1) is 5.82 Å². The number of ether oxygens (including phenoxy) is 1. The number of nitrogens with zero attached hydrogens (tertiary/aromatic N) is 1. The molecule has 2 amide bonds. The molecule has 3 aromatic rings. The molecule has 1 fully saturated rings. The summed E-state index contributed by atoms with van der Waals surface area (Å²) in [6.07, 6.45) is 0.426. The van der Waals surface area contributed by atoms with Crippen LogP contribution in [0.15, 0.2) is 48.5 Å². The Bertz CT molecular complexity index is 1490. The summed E-state index contributed by atoms with van der Waals surface area (Å²) in [6, 6.07) is 13.5. The quantitative estimate of drug-likeness (QED) is 0.469. The maximum atomic E-state index is 14.3. The first-order valence-electron chi connectivity index (χ1n) is 11.1. The second-order valence-corrected chi connectivity index (χ2v) is 11.1. The molecule has 0 saturated carbocycles. The maximum Gasteiger partial charge on any atom is 0.253 e. The van der Waals surface area contributed by atoms with Gasteiger partial charge in [0.1, 0.15) is 0 Å². The van der Waals surface area contributed by atoms with Crippen molar-refractivity contribution < 1.29 is 27.1 Å². The molecule has 1 heterocycles. The Morgan fingerprint density at radius 2 is 1.71 bits per heavy atom. The minimum Gasteiger partial charge on any atom is -0.494 e. The average Bonchev–Trinajstić information content (AvgIpc) is 3.20. The fourth-order valence-electron chi connectivity index (χ4n) is 4.76. The summed E-state index contributed by atoms with van der Waals surface area (Å²) in [7, 11) is -1.70. The number of nitrogens with two attached hydrogens (primary N) is 1. The van der Waals surface area contributed by atoms with Gasteiger partial charge in [0.2, 0.25) is 5.91 Å². The Hall–Kier alpha value is -3.72. The minimum absolute atomic E-state index is 0.0359. The van der Waals surface area contributed by atoms with Crippen molar-refractivity contribution in [1.29, 1.82) is 0 Å². The summed E-state index contributed by atoms with van der Waals surface area (Å²) in [4.78, 5) is 26.9. The lowest BCUT2D eigenvalue weighted by Gasteiger charge is -2.27. The van der Waals surface area contributed by atoms with Crippen LogP contribution in [0.2, 0.25) is 0 Å². The molecule has 0 unspecified atom stereocenters. The number of hydrogen-bond acceptors (Lipinski definition) is 5. The van der Waals surface area contributed by atoms with E-state index in [2.05, 4.69) is 0 Å². The van der Waals surface area contributed by atoms with E-state index in [0.29, 0.717) is 28.7 Å². The minimum atomic E-state index is -3.09. The normalized spacial score (nSPS) is 15.9. The number of benzene rings is 3. The van der Waals surface area contributed by atoms with E-state index in [0.717, 1.165) is 22.3 Å². The first kappa shape index (κ1) is 23.0. The summed E-state index contributed by atoms with van der Waals surface area (Å²) >= 11 is 0. The van der Waals surface area contributed by atoms with E-state index >= 15 is 0 Å². The first-order chi connectivity index (χ1) is 16.7. The molecule has 0 aromatic heterocycles. The number of hydrogen-bond donors (Lipinski definition) is 1. The Morgan fingerprint density at radius 3 is 2.37 bits per heavy atom. The zero-order chi connectivity index (χ0) is 24.9. The van der Waals surface area contributed by atoms with Crippen molar-refractivity contribution in [3.05, 3.63) is 76.6 Å². The molecular weight excluding hydrogens is 471 g/mol. The largest absolute Gasteiger partial charge is 0.494 e. The third kappa shape index (κ3) is 4.16. The van der Waals surface area contributed by atoms with Crippen molar-refractivity contribution in [2.24, 2.45) is 5.73 Å². The van der Waals surface area contributed by atoms with Gasteiger partial charge in [0.05, 0.1) is 18.6 Å². The molecule has 0 spiro atoms. The van der Waals surface area contributed by atoms with Gasteiger partial charge in [0.15, 0.2) is 21.4 Å². The lowest BCUT2D eigenvalue weighted by molar-refractivity contribution is 0.0770. The highest BCUT2D eigenvalue weighted by Crippen LogP contribution is 2.42. The van der Waals surface area contributed by atoms with Crippen molar-refractivity contribution in [2.45, 2.75) is 6.42 Å². The van der Waals surface area contributed by atoms with Crippen LogP contribution in [0.5, 0.6) is 5.75 Å². The van der Waals surface area contributed by atoms with Crippen molar-refractivity contribution in [1.82, 2.24) is 4.90 Å². The Balaban J connectivity index is 1.52. The predicted molar refractivity (Wildman–Crippen MR) is 130 cm³/mol. The highest BCUT2D eigenvalue weighted by atomic mass is 32.2. The molecule has 2 N–H and O–H groups in total. The number of sulfone groups is 1. The molecular formula is C26H23FN2O5S. The number of carbonyl (C=O) groups is 2. The van der Waals surface area contributed by atoms with Gasteiger partial charge in [-0.25, -0.2) is 12.8 Å². The Labute approximate surface area is 202 Å². The van der Waals surface area contributed by atoms with Gasteiger partial charge in [-0.1, -0.05) is 12.1 Å². The van der Waals surface area contributed by atoms with Gasteiger partial charge >= 0.3 is 0 Å². The smallest absolute Gasteiger partial charge is 0.253 e. The van der Waals surface area contributed by atoms with Crippen LogP contribution in [-0.4, -0.2) is 56.8 Å². The first-order valence-corrected chi connectivity index (χ1v) is 12.9. The van der Waals surface area contributed by atoms with Crippen LogP contribution in [0.4, 0.5) is 4.39 Å². The number of carbonyl (C=O) groups excluding carboxylic acids is 2. The lowest BCUT2D eigenvalue weighted by atomic mass is 9.94. The number of methoxy groups -OCH3 is 1. The second kappa shape index (κ2) is 8.49. The molecule has 0 atom stereocenters. The molecule has 3 aromatic carbocycles. The van der Waals surface area contributed by atoms with Gasteiger partial charge in [0.25, 0.3) is 5.91 Å². The van der Waals surface area contributed by atoms with E-state index < -0.39 is 21.6 Å². The number of rotatable bonds is 4. The molecule has 0 bridgehead atoms. The summed E-state index contributed by atoms with van der Waals surface area (Å²) in [5.74, 6) is -1.27. The van der Waals surface area contributed by atoms with Gasteiger partial charge < -0.3 is 15.4 Å². The van der Waals surface area contributed by atoms with E-state index in [1.54, 1.807) is 29.2 Å². The van der Waals surface area contributed by atoms with Crippen LogP contribution >= 0.6 is 0 Å². The summed E-state index contributed by atoms with van der Waals surface area (Å²) in [5, 5.41) is 0. The molecule has 0 radical (unpaired) electrons. The van der Waals surface area contributed by atoms with Crippen LogP contribution in [-0.2, 0) is 16.3 Å². The standard InChI is InChI=1S/C26H23FN2O5S/c1-34-24-5-3-15(14-23(24)27)17-11-20-19-4-2-16(26(31)29-6-8-35(32,33)9-7-29)10-18(19)13-21(20)22(12-17)25(28)30/h2-5,10-12,14H,6-9,13H2,1H3,(H2,28,30). The second-order valence-electron chi connectivity index (χ2n) is 8.76. The number of primary amides is 1. The van der Waals surface area contributed by atoms with Gasteiger partial charge in [-0.2, -0.15) is 0 Å². The summed E-state index contributed by atoms with van der Waals surface area (Å²) < 4.78 is 42.7. The lowest BCUT2D eigenvalue weighted by Crippen LogP contribution is -2.43. The van der Waals surface area contributed by atoms with Crippen LogP contribution in [0.1, 0.15) is 31.8 Å². The van der Waals surface area contributed by atoms with E-state index in [1.165, 1.54) is 19.2 Å². The molecule has 1 aliphatic heterocycles. The Morgan fingerprint density at radius 1 is 0.971 bits per heavy atom. The average molecular weight is 495 g/mol. The third-order valence-corrected chi connectivity index (χ3v) is 8.25. The number of halogens is 1. The molecule has 1 aliphatic carbocycles. The molecule has 5 rings (SSSR count). The predicted octanol–water partition coefficient (Wildman–Crippen LogP) is 3.04. The highest BCUT2D eigenvalue weighted by Gasteiger charge is 2.29. The van der Waals surface area contributed by atoms with Gasteiger partial charge in [-0.3, -0.25) is 9.59 Å². The molecule has 9 heteroatoms. The third-order valence-electron chi connectivity index (χ3n) is 6.64. The highest BCUT2D eigenvalue weighted by molar-refractivity contribution is 7.91. The monoisotopic (exact) mass is 494 g/mol. The zero-order valence-corrected chi connectivity index (χ0v) is 19.8. The summed E-state index contributed by atoms with van der Waals surface area (Å²) in [6.45, 7) is 0.345. The van der Waals surface area contributed by atoms with E-state index in [4.69, 9.17) is 10.5 Å². The fraction of sp³-hybridized carbons (Fsp3) is 0.231. The van der Waals surface area contributed by atoms with E-state index in [-0.39, 0.29) is 36.3 Å². The van der Waals surface area contributed by atoms with Gasteiger partial charge in [-0.05, 0) is 76.2 Å². The van der Waals surface area contributed by atoms with Crippen LogP contribution < -0.4 is 10.5 Å². The molecule has 7 nitrogen and oxygen atoms in total. The van der Waals surface area contributed by atoms with Crippen LogP contribution in [0.25, 0.3) is 22.3 Å². The molecule has 35 heavy (non-hydrogen) atoms. The van der Waals surface area contributed by atoms with E-state index in [9.17, 15) is 22.4 Å². The van der Waals surface area contributed by atoms with Crippen molar-refractivity contribution in [2.75, 3.05) is 31.7 Å². The van der Waals surface area contributed by atoms with Crippen molar-refractivity contribution in [3.8, 4) is 28.0 Å². The zero-order valence-electron chi connectivity index (χ0n) is 19.0. The van der Waals surface area contributed by atoms with Crippen molar-refractivity contribution in [3.63, 3.8) is 0 Å². The fourth-order valence-corrected chi connectivity index (χ4v) is 5.96. The van der Waals surface area contributed by atoms with Crippen LogP contribution in [0.3, 0.4) is 0 Å². The SMILES string of the molecule is COc1ccc(-c2cc(C(N)=O)c3c(c2)-c2ccc(C(=O)N4CCS(=O)(=O)CC4)cc2C3)cc1F. The topological polar surface area (TPSA) is 107 Å². The number of fused-ring (bicyclic) bond motifs is 3. The van der Waals surface area contributed by atoms with Crippen molar-refractivity contribution >= 4 is 21.7 Å². The van der Waals surface area contributed by atoms with Gasteiger partial charge in [0, 0.05) is 24.2 Å². The van der Waals surface area contributed by atoms with E-state index in [1.807, 2.05) is 12.1 Å². The number of amides is 2. The molecule has 1 saturated heterocycles. The Kier molecular flexibility index (Phi) is 5.59. The summed E-state index contributed by atoms with van der Waals surface area (Å²) in [5.41, 5.74) is 11.0. The maximum absolute atomic E-state index is 14.3. The van der Waals surface area contributed by atoms with Gasteiger partial charge in [-0.15, -0.1) is 0 Å².